The Labute approximate surface area is 230 Å². The van der Waals surface area contributed by atoms with Gasteiger partial charge in [0.2, 0.25) is 0 Å². The zero-order chi connectivity index (χ0) is 26.6. The van der Waals surface area contributed by atoms with Crippen molar-refractivity contribution in [2.45, 2.75) is 17.3 Å². The molecule has 0 spiro atoms. The number of rotatable bonds is 4. The van der Waals surface area contributed by atoms with E-state index < -0.39 is 13.3 Å². The minimum absolute atomic E-state index is 0.643. The fourth-order valence-electron chi connectivity index (χ4n) is 5.34. The molecule has 4 aromatic carbocycles. The number of fused-ring (bicyclic) bond motifs is 4. The fraction of sp³-hybridized carbons (Fsp3) is 0.0857. The number of para-hydroxylation sites is 1. The van der Waals surface area contributed by atoms with Crippen molar-refractivity contribution >= 4 is 50.6 Å². The van der Waals surface area contributed by atoms with Crippen molar-refractivity contribution in [1.29, 1.82) is 0 Å². The van der Waals surface area contributed by atoms with E-state index in [1.165, 1.54) is 20.9 Å². The van der Waals surface area contributed by atoms with Gasteiger partial charge in [-0.15, -0.1) is 0 Å². The maximum atomic E-state index is 6.48. The molecule has 0 amide bonds. The van der Waals surface area contributed by atoms with E-state index in [4.69, 9.17) is 14.4 Å². The fourth-order valence-corrected chi connectivity index (χ4v) is 7.77. The van der Waals surface area contributed by atoms with Gasteiger partial charge in [-0.25, -0.2) is 0 Å². The van der Waals surface area contributed by atoms with Gasteiger partial charge in [-0.2, -0.15) is 0 Å². The van der Waals surface area contributed by atoms with E-state index in [-0.39, 0.29) is 0 Å². The van der Waals surface area contributed by atoms with Crippen LogP contribution in [0.25, 0.3) is 66.6 Å². The van der Waals surface area contributed by atoms with Crippen molar-refractivity contribution in [1.82, 2.24) is 9.97 Å². The van der Waals surface area contributed by atoms with Crippen LogP contribution >= 0.6 is 0 Å². The first-order chi connectivity index (χ1) is 19.0. The molecule has 0 unspecified atom stereocenters. The SMILES string of the molecule is [CH3][Ge]([CH3])([CH3])[c]1ccc2nc(-c3cccc4c3oc3nc(-c5ccccc5)ccc34)cc(-c3ccccc3)c2c1. The second-order valence-corrected chi connectivity index (χ2v) is 21.8. The van der Waals surface area contributed by atoms with Gasteiger partial charge < -0.3 is 0 Å². The summed E-state index contributed by atoms with van der Waals surface area (Å²) in [6, 6.07) is 40.4. The zero-order valence-corrected chi connectivity index (χ0v) is 24.4. The Morgan fingerprint density at radius 3 is 2.03 bits per heavy atom. The average molecular weight is 565 g/mol. The van der Waals surface area contributed by atoms with Crippen LogP contribution in [0, 0.1) is 0 Å². The van der Waals surface area contributed by atoms with E-state index in [1.54, 1.807) is 0 Å². The van der Waals surface area contributed by atoms with Gasteiger partial charge in [0.25, 0.3) is 0 Å². The molecule has 0 atom stereocenters. The Morgan fingerprint density at radius 1 is 0.538 bits per heavy atom. The molecule has 0 saturated carbocycles. The summed E-state index contributed by atoms with van der Waals surface area (Å²) in [5.41, 5.74) is 8.70. The van der Waals surface area contributed by atoms with Crippen molar-refractivity contribution < 1.29 is 4.42 Å². The van der Waals surface area contributed by atoms with Crippen molar-refractivity contribution in [3.05, 3.63) is 115 Å². The Morgan fingerprint density at radius 2 is 1.28 bits per heavy atom. The molecule has 39 heavy (non-hydrogen) atoms. The number of nitrogens with zero attached hydrogens (tertiary/aromatic N) is 2. The van der Waals surface area contributed by atoms with E-state index in [1.807, 2.05) is 18.2 Å². The minimum atomic E-state index is -2.02. The van der Waals surface area contributed by atoms with Gasteiger partial charge in [-0.3, -0.25) is 0 Å². The van der Waals surface area contributed by atoms with Crippen LogP contribution in [0.2, 0.25) is 17.3 Å². The molecular weight excluding hydrogens is 537 g/mol. The van der Waals surface area contributed by atoms with Crippen molar-refractivity contribution in [2.75, 3.05) is 0 Å². The van der Waals surface area contributed by atoms with Crippen LogP contribution in [0.5, 0.6) is 0 Å². The predicted molar refractivity (Wildman–Crippen MR) is 166 cm³/mol. The first-order valence-corrected chi connectivity index (χ1v) is 20.7. The standard InChI is InChI=1S/C35H28GeN2O/c1-36(2,3)25-17-19-32-30(21-25)29(23-11-6-4-7-12-23)22-33(37-32)28-16-10-15-26-27-18-20-31(24-13-8-5-9-14-24)38-35(27)39-34(26)28/h4-22H,1-3H3. The van der Waals surface area contributed by atoms with Gasteiger partial charge in [0.15, 0.2) is 0 Å². The predicted octanol–water partition coefficient (Wildman–Crippen LogP) is 9.08. The third-order valence-corrected chi connectivity index (χ3v) is 11.8. The van der Waals surface area contributed by atoms with E-state index in [0.29, 0.717) is 5.71 Å². The topological polar surface area (TPSA) is 38.9 Å². The van der Waals surface area contributed by atoms with E-state index >= 15 is 0 Å². The van der Waals surface area contributed by atoms with Gasteiger partial charge in [-0.1, -0.05) is 30.3 Å². The summed E-state index contributed by atoms with van der Waals surface area (Å²) in [5, 5.41) is 3.26. The van der Waals surface area contributed by atoms with Gasteiger partial charge in [-0.05, 0) is 0 Å². The van der Waals surface area contributed by atoms with E-state index in [0.717, 1.165) is 44.4 Å². The number of hydrogen-bond acceptors (Lipinski definition) is 3. The van der Waals surface area contributed by atoms with Gasteiger partial charge in [0.1, 0.15) is 0 Å². The molecule has 0 aliphatic rings. The number of pyridine rings is 2. The molecule has 3 aromatic heterocycles. The number of benzene rings is 4. The summed E-state index contributed by atoms with van der Waals surface area (Å²) in [4.78, 5) is 10.1. The zero-order valence-electron chi connectivity index (χ0n) is 22.3. The molecule has 0 bridgehead atoms. The molecule has 7 rings (SSSR count). The number of hydrogen-bond donors (Lipinski definition) is 0. The molecule has 0 fully saturated rings. The quantitative estimate of drug-likeness (QED) is 0.200. The van der Waals surface area contributed by atoms with Crippen molar-refractivity contribution in [3.63, 3.8) is 0 Å². The van der Waals surface area contributed by atoms with E-state index in [2.05, 4.69) is 114 Å². The molecule has 3 heterocycles. The molecule has 0 radical (unpaired) electrons. The van der Waals surface area contributed by atoms with Crippen LogP contribution in [-0.2, 0) is 0 Å². The average Bonchev–Trinajstić information content (AvgIpc) is 3.35. The summed E-state index contributed by atoms with van der Waals surface area (Å²) in [6.45, 7) is 0. The Balaban J connectivity index is 1.46. The Bertz CT molecular complexity index is 1990. The normalized spacial score (nSPS) is 12.0. The maximum absolute atomic E-state index is 6.48. The van der Waals surface area contributed by atoms with Crippen LogP contribution in [-0.4, -0.2) is 23.2 Å². The molecule has 0 aliphatic carbocycles. The Kier molecular flexibility index (Phi) is 5.64. The monoisotopic (exact) mass is 566 g/mol. The van der Waals surface area contributed by atoms with Crippen molar-refractivity contribution in [3.8, 4) is 33.6 Å². The third kappa shape index (κ3) is 4.23. The summed E-state index contributed by atoms with van der Waals surface area (Å²) in [5.74, 6) is 7.31. The van der Waals surface area contributed by atoms with Crippen LogP contribution in [0.1, 0.15) is 0 Å². The second kappa shape index (κ2) is 9.21. The molecule has 0 saturated heterocycles. The molecule has 188 valence electrons. The summed E-state index contributed by atoms with van der Waals surface area (Å²) >= 11 is -2.02. The van der Waals surface area contributed by atoms with Crippen LogP contribution < -0.4 is 4.40 Å². The first-order valence-electron chi connectivity index (χ1n) is 13.3. The molecule has 0 aliphatic heterocycles. The van der Waals surface area contributed by atoms with Gasteiger partial charge >= 0.3 is 195 Å². The van der Waals surface area contributed by atoms with Crippen LogP contribution in [0.15, 0.2) is 120 Å². The van der Waals surface area contributed by atoms with Crippen LogP contribution in [0.4, 0.5) is 0 Å². The molecule has 3 nitrogen and oxygen atoms in total. The van der Waals surface area contributed by atoms with Crippen molar-refractivity contribution in [2.24, 2.45) is 0 Å². The first kappa shape index (κ1) is 23.9. The van der Waals surface area contributed by atoms with Gasteiger partial charge in [0.05, 0.1) is 0 Å². The number of furan rings is 1. The Hall–Kier alpha value is -4.22. The van der Waals surface area contributed by atoms with E-state index in [9.17, 15) is 0 Å². The number of aromatic nitrogens is 2. The van der Waals surface area contributed by atoms with Gasteiger partial charge in [0, 0.05) is 5.56 Å². The van der Waals surface area contributed by atoms with Crippen LogP contribution in [0.3, 0.4) is 0 Å². The molecule has 4 heteroatoms. The summed E-state index contributed by atoms with van der Waals surface area (Å²) in [7, 11) is 0. The second-order valence-electron chi connectivity index (χ2n) is 11.1. The molecular formula is C35H28GeN2O. The molecule has 7 aromatic rings. The third-order valence-electron chi connectivity index (χ3n) is 7.47. The summed E-state index contributed by atoms with van der Waals surface area (Å²) in [6.07, 6.45) is 0. The summed E-state index contributed by atoms with van der Waals surface area (Å²) < 4.78 is 7.96. The molecule has 0 N–H and O–H groups in total.